The molecule has 3 N–H and O–H groups in total. The minimum absolute atomic E-state index is 0.351. The van der Waals surface area contributed by atoms with Crippen molar-refractivity contribution in [3.8, 4) is 16.9 Å². The lowest BCUT2D eigenvalue weighted by Crippen LogP contribution is -2.13. The first-order chi connectivity index (χ1) is 12.9. The molecular weight excluding hydrogens is 374 g/mol. The molecule has 1 aromatic carbocycles. The molecule has 1 aromatic heterocycles. The molecule has 0 unspecified atom stereocenters. The quantitative estimate of drug-likeness (QED) is 0.550. The number of aliphatic hydroxyl groups excluding tert-OH is 1. The molecule has 0 saturated heterocycles. The van der Waals surface area contributed by atoms with Gasteiger partial charge in [0.2, 0.25) is 5.91 Å². The predicted octanol–water partition coefficient (Wildman–Crippen LogP) is 3.98. The van der Waals surface area contributed by atoms with Crippen molar-refractivity contribution in [3.63, 3.8) is 0 Å². The van der Waals surface area contributed by atoms with E-state index < -0.39 is 35.7 Å². The summed E-state index contributed by atoms with van der Waals surface area (Å²) in [6.07, 6.45) is 5.77. The zero-order valence-electron chi connectivity index (χ0n) is 14.3. The highest BCUT2D eigenvalue weighted by atomic mass is 32.2. The smallest absolute Gasteiger partial charge is 0.244 e. The van der Waals surface area contributed by atoms with E-state index in [2.05, 4.69) is 4.98 Å². The van der Waals surface area contributed by atoms with Gasteiger partial charge in [0.05, 0.1) is 0 Å². The Hall–Kier alpha value is -2.61. The number of nitrogens with two attached hydrogens (primary N) is 1. The number of aromatic nitrogens is 1. The Balaban J connectivity index is 1.83. The normalized spacial score (nSPS) is 14.7. The Morgan fingerprint density at radius 2 is 2.07 bits per heavy atom. The Morgan fingerprint density at radius 3 is 2.67 bits per heavy atom. The Bertz CT molecular complexity index is 862. The van der Waals surface area contributed by atoms with Crippen LogP contribution in [0.4, 0.5) is 8.78 Å². The van der Waals surface area contributed by atoms with Crippen LogP contribution in [0.1, 0.15) is 19.3 Å². The highest BCUT2D eigenvalue weighted by Crippen LogP contribution is 2.40. The topological polar surface area (TPSA) is 85.4 Å². The van der Waals surface area contributed by atoms with Crippen LogP contribution in [0.5, 0.6) is 5.75 Å². The largest absolute Gasteiger partial charge is 0.508 e. The zero-order chi connectivity index (χ0) is 19.4. The van der Waals surface area contributed by atoms with Gasteiger partial charge in [0.15, 0.2) is 17.4 Å². The molecular formula is C19H18F2N2O3S. The van der Waals surface area contributed by atoms with Crippen LogP contribution in [0.3, 0.4) is 0 Å². The number of thioether (sulfide) groups is 1. The van der Waals surface area contributed by atoms with Crippen LogP contribution in [0.25, 0.3) is 11.1 Å². The summed E-state index contributed by atoms with van der Waals surface area (Å²) in [6.45, 7) is -0.578. The molecule has 1 fully saturated rings. The minimum atomic E-state index is -0.916. The number of halogens is 2. The molecule has 0 bridgehead atoms. The van der Waals surface area contributed by atoms with Gasteiger partial charge in [0.1, 0.15) is 17.4 Å². The van der Waals surface area contributed by atoms with E-state index in [0.29, 0.717) is 22.5 Å². The molecule has 27 heavy (non-hydrogen) atoms. The molecule has 1 amide bonds. The molecule has 1 aliphatic carbocycles. The van der Waals surface area contributed by atoms with Crippen LogP contribution < -0.4 is 10.5 Å². The van der Waals surface area contributed by atoms with E-state index >= 15 is 0 Å². The number of amides is 1. The van der Waals surface area contributed by atoms with Crippen LogP contribution >= 0.6 is 11.8 Å². The molecule has 1 saturated carbocycles. The monoisotopic (exact) mass is 392 g/mol. The number of pyridine rings is 1. The van der Waals surface area contributed by atoms with Crippen molar-refractivity contribution in [1.82, 2.24) is 4.98 Å². The second kappa shape index (κ2) is 8.39. The van der Waals surface area contributed by atoms with E-state index in [1.807, 2.05) is 0 Å². The van der Waals surface area contributed by atoms with Gasteiger partial charge in [-0.3, -0.25) is 4.79 Å². The lowest BCUT2D eigenvalue weighted by molar-refractivity contribution is -0.113. The minimum Gasteiger partial charge on any atom is -0.508 e. The fraction of sp³-hybridized carbons (Fsp3) is 0.263. The number of rotatable bonds is 7. The molecule has 0 aliphatic heterocycles. The van der Waals surface area contributed by atoms with Crippen molar-refractivity contribution in [3.05, 3.63) is 53.9 Å². The van der Waals surface area contributed by atoms with Gasteiger partial charge in [0, 0.05) is 23.1 Å². The van der Waals surface area contributed by atoms with Gasteiger partial charge in [-0.1, -0.05) is 12.5 Å². The Kier molecular flexibility index (Phi) is 5.95. The van der Waals surface area contributed by atoms with Gasteiger partial charge >= 0.3 is 0 Å². The van der Waals surface area contributed by atoms with Gasteiger partial charge in [-0.25, -0.2) is 13.8 Å². The molecule has 0 atom stereocenters. The van der Waals surface area contributed by atoms with Crippen molar-refractivity contribution in [2.24, 2.45) is 5.73 Å². The summed E-state index contributed by atoms with van der Waals surface area (Å²) in [5.74, 6) is -3.89. The summed E-state index contributed by atoms with van der Waals surface area (Å²) >= 11 is 1.62. The molecule has 5 nitrogen and oxygen atoms in total. The number of primary amides is 1. The first kappa shape index (κ1) is 19.2. The molecule has 8 heteroatoms. The third-order valence-electron chi connectivity index (χ3n) is 4.08. The lowest BCUT2D eigenvalue weighted by atomic mass is 10.00. The van der Waals surface area contributed by atoms with Crippen LogP contribution in [0, 0.1) is 11.6 Å². The maximum absolute atomic E-state index is 14.4. The van der Waals surface area contributed by atoms with Crippen LogP contribution in [0.2, 0.25) is 0 Å². The zero-order valence-corrected chi connectivity index (χ0v) is 15.1. The fourth-order valence-corrected chi connectivity index (χ4v) is 3.88. The van der Waals surface area contributed by atoms with Crippen molar-refractivity contribution in [2.45, 2.75) is 29.5 Å². The lowest BCUT2D eigenvalue weighted by Gasteiger charge is -2.25. The standard InChI is InChI=1S/C19H18F2N2O3S/c20-15-7-11(8-16(21)18(15)26-10-12(24)9-17(22)25)14-5-2-6-23-19(14)27-13-3-1-4-13/h2,5-9,13,24H,1,3-4,10H2,(H2,22,25)/b12-9-. The summed E-state index contributed by atoms with van der Waals surface area (Å²) in [7, 11) is 0. The first-order valence-electron chi connectivity index (χ1n) is 8.37. The second-order valence-corrected chi connectivity index (χ2v) is 7.41. The maximum atomic E-state index is 14.4. The van der Waals surface area contributed by atoms with E-state index in [1.54, 1.807) is 30.1 Å². The Labute approximate surface area is 159 Å². The maximum Gasteiger partial charge on any atom is 0.244 e. The number of carbonyl (C=O) groups is 1. The molecule has 0 radical (unpaired) electrons. The average molecular weight is 392 g/mol. The van der Waals surface area contributed by atoms with Crippen LogP contribution in [-0.4, -0.2) is 27.9 Å². The van der Waals surface area contributed by atoms with Crippen molar-refractivity contribution < 1.29 is 23.4 Å². The van der Waals surface area contributed by atoms with Gasteiger partial charge in [-0.05, 0) is 36.6 Å². The van der Waals surface area contributed by atoms with Gasteiger partial charge < -0.3 is 15.6 Å². The number of ether oxygens (including phenoxy) is 1. The van der Waals surface area contributed by atoms with Crippen molar-refractivity contribution in [1.29, 1.82) is 0 Å². The molecule has 0 spiro atoms. The third kappa shape index (κ3) is 4.77. The average Bonchev–Trinajstić information content (AvgIpc) is 2.57. The molecule has 1 aliphatic rings. The van der Waals surface area contributed by atoms with E-state index in [4.69, 9.17) is 10.5 Å². The molecule has 1 heterocycles. The number of benzene rings is 1. The molecule has 142 valence electrons. The second-order valence-electron chi connectivity index (χ2n) is 6.12. The SMILES string of the molecule is NC(=O)/C=C(\O)COc1c(F)cc(-c2cccnc2SC2CCC2)cc1F. The summed E-state index contributed by atoms with van der Waals surface area (Å²) in [5.41, 5.74) is 5.88. The molecule has 3 rings (SSSR count). The number of nitrogens with zero attached hydrogens (tertiary/aromatic N) is 1. The van der Waals surface area contributed by atoms with Crippen LogP contribution in [-0.2, 0) is 4.79 Å². The fourth-order valence-electron chi connectivity index (χ4n) is 2.56. The van der Waals surface area contributed by atoms with E-state index in [1.165, 1.54) is 6.42 Å². The predicted molar refractivity (Wildman–Crippen MR) is 98.5 cm³/mol. The number of hydrogen-bond donors (Lipinski definition) is 2. The number of aliphatic hydroxyl groups is 1. The number of carbonyl (C=O) groups excluding carboxylic acids is 1. The Morgan fingerprint density at radius 1 is 1.37 bits per heavy atom. The van der Waals surface area contributed by atoms with E-state index in [0.717, 1.165) is 30.0 Å². The summed E-state index contributed by atoms with van der Waals surface area (Å²) in [6, 6.07) is 5.81. The van der Waals surface area contributed by atoms with Gasteiger partial charge in [-0.15, -0.1) is 11.8 Å². The van der Waals surface area contributed by atoms with Gasteiger partial charge in [-0.2, -0.15) is 0 Å². The van der Waals surface area contributed by atoms with Gasteiger partial charge in [0.25, 0.3) is 0 Å². The van der Waals surface area contributed by atoms with Crippen LogP contribution in [0.15, 0.2) is 47.3 Å². The van der Waals surface area contributed by atoms with Crippen molar-refractivity contribution >= 4 is 17.7 Å². The van der Waals surface area contributed by atoms with E-state index in [9.17, 15) is 18.7 Å². The molecule has 2 aromatic rings. The van der Waals surface area contributed by atoms with Crippen molar-refractivity contribution in [2.75, 3.05) is 6.61 Å². The summed E-state index contributed by atoms with van der Waals surface area (Å²) in [4.78, 5) is 15.0. The highest BCUT2D eigenvalue weighted by Gasteiger charge is 2.22. The highest BCUT2D eigenvalue weighted by molar-refractivity contribution is 8.00. The third-order valence-corrected chi connectivity index (χ3v) is 5.44. The first-order valence-corrected chi connectivity index (χ1v) is 9.25. The number of hydrogen-bond acceptors (Lipinski definition) is 5. The van der Waals surface area contributed by atoms with E-state index in [-0.39, 0.29) is 0 Å². The summed E-state index contributed by atoms with van der Waals surface area (Å²) < 4.78 is 33.7. The summed E-state index contributed by atoms with van der Waals surface area (Å²) in [5, 5.41) is 10.6.